The van der Waals surface area contributed by atoms with Gasteiger partial charge in [-0.2, -0.15) is 0 Å². The molecular formula is C26H26F2N2O3. The number of nitrogens with zero attached hydrogens (tertiary/aromatic N) is 2. The number of halogens is 2. The first kappa shape index (κ1) is 23.0. The van der Waals surface area contributed by atoms with Crippen molar-refractivity contribution in [3.8, 4) is 11.4 Å². The molecule has 0 amide bonds. The molecule has 33 heavy (non-hydrogen) atoms. The number of imidazole rings is 1. The number of Topliss-reactive ketones (excluding diaryl/α,β-unsaturated/α-hetero) is 2. The fraction of sp³-hybridized carbons (Fsp3) is 0.346. The summed E-state index contributed by atoms with van der Waals surface area (Å²) in [6.45, 7) is 1.06. The molecule has 4 rings (SSSR count). The Balaban J connectivity index is 1.87. The summed E-state index contributed by atoms with van der Waals surface area (Å²) in [7, 11) is 0. The summed E-state index contributed by atoms with van der Waals surface area (Å²) in [6, 6.07) is 15.6. The van der Waals surface area contributed by atoms with Crippen LogP contribution in [0.5, 0.6) is 0 Å². The van der Waals surface area contributed by atoms with Crippen LogP contribution in [0, 0.1) is 5.92 Å². The third-order valence-electron chi connectivity index (χ3n) is 6.07. The first-order valence-electron chi connectivity index (χ1n) is 11.1. The lowest BCUT2D eigenvalue weighted by atomic mass is 9.93. The molecule has 1 heterocycles. The number of carbonyl (C=O) groups excluding carboxylic acids is 2. The van der Waals surface area contributed by atoms with Gasteiger partial charge in [-0.15, -0.1) is 0 Å². The summed E-state index contributed by atoms with van der Waals surface area (Å²) in [4.78, 5) is 30.8. The topological polar surface area (TPSA) is 72.2 Å². The zero-order valence-electron chi connectivity index (χ0n) is 18.4. The lowest BCUT2D eigenvalue weighted by Gasteiger charge is -2.18. The molecule has 7 heteroatoms. The van der Waals surface area contributed by atoms with E-state index in [-0.39, 0.29) is 54.5 Å². The van der Waals surface area contributed by atoms with Crippen LogP contribution in [0.1, 0.15) is 53.5 Å². The normalized spacial score (nSPS) is 16.5. The van der Waals surface area contributed by atoms with Crippen LogP contribution in [0.4, 0.5) is 8.78 Å². The quantitative estimate of drug-likeness (QED) is 0.523. The Morgan fingerprint density at radius 3 is 2.48 bits per heavy atom. The van der Waals surface area contributed by atoms with Crippen LogP contribution < -0.4 is 0 Å². The van der Waals surface area contributed by atoms with Crippen LogP contribution in [0.15, 0.2) is 54.6 Å². The summed E-state index contributed by atoms with van der Waals surface area (Å²) >= 11 is 0. The van der Waals surface area contributed by atoms with E-state index in [9.17, 15) is 18.4 Å². The van der Waals surface area contributed by atoms with Crippen molar-refractivity contribution in [2.24, 2.45) is 5.92 Å². The maximum atomic E-state index is 14.4. The lowest BCUT2D eigenvalue weighted by molar-refractivity contribution is -0.122. The number of fused-ring (bicyclic) bond motifs is 1. The van der Waals surface area contributed by atoms with Crippen LogP contribution >= 0.6 is 0 Å². The number of aliphatic hydroxyl groups is 1. The maximum absolute atomic E-state index is 14.4. The zero-order chi connectivity index (χ0) is 23.6. The highest BCUT2D eigenvalue weighted by atomic mass is 19.3. The van der Waals surface area contributed by atoms with Gasteiger partial charge < -0.3 is 9.67 Å². The smallest absolute Gasteiger partial charge is 0.271 e. The minimum absolute atomic E-state index is 0.0251. The van der Waals surface area contributed by atoms with Gasteiger partial charge in [-0.05, 0) is 18.4 Å². The van der Waals surface area contributed by atoms with E-state index in [1.807, 2.05) is 30.3 Å². The molecule has 0 bridgehead atoms. The molecule has 1 aliphatic rings. The Morgan fingerprint density at radius 2 is 1.79 bits per heavy atom. The highest BCUT2D eigenvalue weighted by Gasteiger charge is 2.35. The van der Waals surface area contributed by atoms with Crippen LogP contribution in [-0.2, 0) is 23.7 Å². The first-order chi connectivity index (χ1) is 15.8. The van der Waals surface area contributed by atoms with Gasteiger partial charge >= 0.3 is 0 Å². The molecule has 0 radical (unpaired) electrons. The van der Waals surface area contributed by atoms with E-state index in [0.29, 0.717) is 24.2 Å². The molecule has 2 aromatic carbocycles. The van der Waals surface area contributed by atoms with Gasteiger partial charge in [0.25, 0.3) is 5.92 Å². The Kier molecular flexibility index (Phi) is 6.51. The lowest BCUT2D eigenvalue weighted by Crippen LogP contribution is -2.19. The van der Waals surface area contributed by atoms with Gasteiger partial charge in [-0.1, -0.05) is 54.6 Å². The molecule has 0 spiro atoms. The molecule has 0 fully saturated rings. The molecule has 1 aromatic heterocycles. The van der Waals surface area contributed by atoms with Crippen molar-refractivity contribution in [2.45, 2.75) is 45.1 Å². The number of ketones is 2. The van der Waals surface area contributed by atoms with Crippen LogP contribution in [0.25, 0.3) is 11.4 Å². The van der Waals surface area contributed by atoms with Crippen molar-refractivity contribution in [1.29, 1.82) is 0 Å². The molecule has 5 nitrogen and oxygen atoms in total. The average molecular weight is 453 g/mol. The number of rotatable bonds is 7. The Hall–Kier alpha value is -3.19. The fourth-order valence-electron chi connectivity index (χ4n) is 4.47. The zero-order valence-corrected chi connectivity index (χ0v) is 18.4. The monoisotopic (exact) mass is 452 g/mol. The Morgan fingerprint density at radius 1 is 1.09 bits per heavy atom. The number of carbonyl (C=O) groups is 2. The summed E-state index contributed by atoms with van der Waals surface area (Å²) < 4.78 is 30.6. The molecule has 0 saturated carbocycles. The van der Waals surface area contributed by atoms with Crippen molar-refractivity contribution in [3.05, 3.63) is 77.1 Å². The van der Waals surface area contributed by atoms with Crippen molar-refractivity contribution in [1.82, 2.24) is 9.55 Å². The second kappa shape index (κ2) is 9.35. The third kappa shape index (κ3) is 4.78. The molecule has 3 aromatic rings. The fourth-order valence-corrected chi connectivity index (χ4v) is 4.47. The van der Waals surface area contributed by atoms with Gasteiger partial charge in [0.1, 0.15) is 17.3 Å². The number of hydrogen-bond acceptors (Lipinski definition) is 4. The Bertz CT molecular complexity index is 1170. The molecule has 0 aliphatic heterocycles. The van der Waals surface area contributed by atoms with Crippen LogP contribution in [0.3, 0.4) is 0 Å². The van der Waals surface area contributed by atoms with Gasteiger partial charge in [-0.3, -0.25) is 9.59 Å². The van der Waals surface area contributed by atoms with Crippen molar-refractivity contribution in [2.75, 3.05) is 6.61 Å². The molecule has 172 valence electrons. The number of aromatic nitrogens is 2. The molecule has 0 saturated heterocycles. The SMILES string of the molecule is CC(F)(F)c1ccccc1-c1nc2c(n1Cc1ccccc1)C(=O)CC(CCCO)C(=O)C2. The van der Waals surface area contributed by atoms with Crippen molar-refractivity contribution in [3.63, 3.8) is 0 Å². The first-order valence-corrected chi connectivity index (χ1v) is 11.1. The number of benzene rings is 2. The van der Waals surface area contributed by atoms with Gasteiger partial charge in [0.15, 0.2) is 5.78 Å². The predicted octanol–water partition coefficient (Wildman–Crippen LogP) is 4.80. The molecule has 1 N–H and O–H groups in total. The molecule has 1 unspecified atom stereocenters. The second-order valence-electron chi connectivity index (χ2n) is 8.57. The second-order valence-corrected chi connectivity index (χ2v) is 8.57. The maximum Gasteiger partial charge on any atom is 0.271 e. The summed E-state index contributed by atoms with van der Waals surface area (Å²) in [5.41, 5.74) is 1.59. The summed E-state index contributed by atoms with van der Waals surface area (Å²) in [5.74, 6) is -3.65. The van der Waals surface area contributed by atoms with Gasteiger partial charge in [0.05, 0.1) is 12.1 Å². The van der Waals surface area contributed by atoms with Gasteiger partial charge in [0.2, 0.25) is 0 Å². The number of hydrogen-bond donors (Lipinski definition) is 1. The highest BCUT2D eigenvalue weighted by molar-refractivity contribution is 6.02. The van der Waals surface area contributed by atoms with E-state index in [2.05, 4.69) is 4.98 Å². The number of aliphatic hydroxyl groups excluding tert-OH is 1. The predicted molar refractivity (Wildman–Crippen MR) is 120 cm³/mol. The number of alkyl halides is 2. The highest BCUT2D eigenvalue weighted by Crippen LogP contribution is 2.37. The van der Waals surface area contributed by atoms with E-state index in [0.717, 1.165) is 12.5 Å². The van der Waals surface area contributed by atoms with E-state index >= 15 is 0 Å². The minimum atomic E-state index is -3.10. The molecule has 1 aliphatic carbocycles. The standard InChI is InChI=1S/C26H26F2N2O3/c1-26(27,28)20-12-6-5-11-19(20)25-29-21-15-22(32)18(10-7-13-31)14-23(33)24(21)30(25)16-17-8-3-2-4-9-17/h2-6,8-9,11-12,18,31H,7,10,13-16H2,1H3. The van der Waals surface area contributed by atoms with Crippen molar-refractivity contribution >= 4 is 11.6 Å². The van der Waals surface area contributed by atoms with Gasteiger partial charge in [-0.25, -0.2) is 13.8 Å². The third-order valence-corrected chi connectivity index (χ3v) is 6.07. The van der Waals surface area contributed by atoms with E-state index in [4.69, 9.17) is 5.11 Å². The summed E-state index contributed by atoms with van der Waals surface area (Å²) in [5, 5.41) is 9.14. The van der Waals surface area contributed by atoms with E-state index < -0.39 is 11.8 Å². The largest absolute Gasteiger partial charge is 0.396 e. The molecule has 1 atom stereocenters. The van der Waals surface area contributed by atoms with E-state index in [1.165, 1.54) is 6.07 Å². The van der Waals surface area contributed by atoms with Crippen molar-refractivity contribution < 1.29 is 23.5 Å². The van der Waals surface area contributed by atoms with Crippen LogP contribution in [0.2, 0.25) is 0 Å². The average Bonchev–Trinajstić information content (AvgIpc) is 3.08. The van der Waals surface area contributed by atoms with Gasteiger partial charge in [0, 0.05) is 43.5 Å². The Labute approximate surface area is 191 Å². The minimum Gasteiger partial charge on any atom is -0.396 e. The summed E-state index contributed by atoms with van der Waals surface area (Å²) in [6.07, 6.45) is 0.866. The van der Waals surface area contributed by atoms with E-state index in [1.54, 1.807) is 22.8 Å². The molecular weight excluding hydrogens is 426 g/mol. The van der Waals surface area contributed by atoms with Crippen LogP contribution in [-0.4, -0.2) is 32.8 Å².